The van der Waals surface area contributed by atoms with Crippen molar-refractivity contribution >= 4 is 23.5 Å². The molecule has 1 aromatic carbocycles. The highest BCUT2D eigenvalue weighted by molar-refractivity contribution is 7.80. The predicted octanol–water partition coefficient (Wildman–Crippen LogP) is 3.28. The van der Waals surface area contributed by atoms with E-state index in [4.69, 9.17) is 5.73 Å². The smallest absolute Gasteiger partial charge is 0.375 e. The molecule has 3 N–H and O–H groups in total. The highest BCUT2D eigenvalue weighted by atomic mass is 32.1. The van der Waals surface area contributed by atoms with E-state index in [0.717, 1.165) is 29.1 Å². The number of nitrogens with two attached hydrogens (primary N) is 1. The van der Waals surface area contributed by atoms with Crippen LogP contribution in [-0.4, -0.2) is 15.9 Å². The van der Waals surface area contributed by atoms with E-state index in [1.54, 1.807) is 17.6 Å². The standard InChI is InChI=1S/C15H15F3N4S/c1-9-6-11(8-20-21-14(19)23)10(2)22(9)13-5-3-4-12(7-13)15(16,17)18/h3-8H,1-2H3,(H3,19,21,23)/b20-8-. The van der Waals surface area contributed by atoms with Crippen molar-refractivity contribution < 1.29 is 13.2 Å². The fourth-order valence-corrected chi connectivity index (χ4v) is 2.36. The zero-order valence-electron chi connectivity index (χ0n) is 12.5. The van der Waals surface area contributed by atoms with Crippen molar-refractivity contribution in [2.24, 2.45) is 10.8 Å². The Morgan fingerprint density at radius 1 is 1.30 bits per heavy atom. The number of thiocarbonyl (C=S) groups is 1. The van der Waals surface area contributed by atoms with Crippen LogP contribution in [0.4, 0.5) is 13.2 Å². The molecule has 0 unspecified atom stereocenters. The second kappa shape index (κ2) is 6.41. The van der Waals surface area contributed by atoms with Gasteiger partial charge in [0.25, 0.3) is 0 Å². The number of aromatic nitrogens is 1. The minimum Gasteiger partial charge on any atom is -0.375 e. The lowest BCUT2D eigenvalue weighted by Gasteiger charge is -2.13. The first-order valence-electron chi connectivity index (χ1n) is 6.65. The van der Waals surface area contributed by atoms with Crippen molar-refractivity contribution in [2.75, 3.05) is 0 Å². The maximum Gasteiger partial charge on any atom is 0.416 e. The van der Waals surface area contributed by atoms with Gasteiger partial charge >= 0.3 is 6.18 Å². The highest BCUT2D eigenvalue weighted by Gasteiger charge is 2.30. The summed E-state index contributed by atoms with van der Waals surface area (Å²) < 4.78 is 40.3. The normalized spacial score (nSPS) is 11.9. The van der Waals surface area contributed by atoms with E-state index in [1.165, 1.54) is 12.3 Å². The van der Waals surface area contributed by atoms with E-state index >= 15 is 0 Å². The van der Waals surface area contributed by atoms with Crippen LogP contribution in [-0.2, 0) is 6.18 Å². The van der Waals surface area contributed by atoms with Gasteiger partial charge in [-0.3, -0.25) is 5.43 Å². The topological polar surface area (TPSA) is 55.3 Å². The lowest BCUT2D eigenvalue weighted by Crippen LogP contribution is -2.24. The van der Waals surface area contributed by atoms with Crippen LogP contribution >= 0.6 is 12.2 Å². The monoisotopic (exact) mass is 340 g/mol. The number of rotatable bonds is 3. The molecule has 0 amide bonds. The van der Waals surface area contributed by atoms with E-state index < -0.39 is 11.7 Å². The van der Waals surface area contributed by atoms with Crippen molar-refractivity contribution in [3.63, 3.8) is 0 Å². The predicted molar refractivity (Wildman–Crippen MR) is 87.8 cm³/mol. The van der Waals surface area contributed by atoms with Crippen molar-refractivity contribution in [3.05, 3.63) is 52.8 Å². The molecule has 122 valence electrons. The van der Waals surface area contributed by atoms with E-state index in [-0.39, 0.29) is 5.11 Å². The van der Waals surface area contributed by atoms with Gasteiger partial charge in [0.2, 0.25) is 0 Å². The fourth-order valence-electron chi connectivity index (χ4n) is 2.30. The van der Waals surface area contributed by atoms with E-state index in [2.05, 4.69) is 22.7 Å². The summed E-state index contributed by atoms with van der Waals surface area (Å²) in [6, 6.07) is 7.00. The molecule has 1 aromatic heterocycles. The fraction of sp³-hybridized carbons (Fsp3) is 0.200. The molecule has 0 aliphatic rings. The van der Waals surface area contributed by atoms with Gasteiger partial charge < -0.3 is 10.3 Å². The Bertz CT molecular complexity index is 763. The first-order valence-corrected chi connectivity index (χ1v) is 7.06. The molecule has 2 rings (SSSR count). The highest BCUT2D eigenvalue weighted by Crippen LogP contribution is 2.31. The minimum atomic E-state index is -4.38. The van der Waals surface area contributed by atoms with Gasteiger partial charge in [0, 0.05) is 22.6 Å². The number of alkyl halides is 3. The molecule has 0 saturated heterocycles. The van der Waals surface area contributed by atoms with Crippen LogP contribution in [0.15, 0.2) is 35.4 Å². The summed E-state index contributed by atoms with van der Waals surface area (Å²) in [6.07, 6.45) is -2.86. The molecule has 2 aromatic rings. The maximum absolute atomic E-state index is 12.9. The Kier molecular flexibility index (Phi) is 4.74. The van der Waals surface area contributed by atoms with Crippen molar-refractivity contribution in [2.45, 2.75) is 20.0 Å². The summed E-state index contributed by atoms with van der Waals surface area (Å²) in [6.45, 7) is 3.61. The van der Waals surface area contributed by atoms with Gasteiger partial charge in [-0.25, -0.2) is 0 Å². The molecular weight excluding hydrogens is 325 g/mol. The Balaban J connectivity index is 2.43. The molecule has 0 radical (unpaired) electrons. The molecule has 4 nitrogen and oxygen atoms in total. The molecule has 0 bridgehead atoms. The summed E-state index contributed by atoms with van der Waals surface area (Å²) >= 11 is 4.64. The largest absolute Gasteiger partial charge is 0.416 e. The van der Waals surface area contributed by atoms with E-state index in [1.807, 2.05) is 13.0 Å². The Morgan fingerprint density at radius 2 is 2.00 bits per heavy atom. The summed E-state index contributed by atoms with van der Waals surface area (Å²) in [5.74, 6) is 0. The first kappa shape index (κ1) is 17.0. The molecule has 0 spiro atoms. The average Bonchev–Trinajstić information content (AvgIpc) is 2.72. The Labute approximate surface area is 136 Å². The van der Waals surface area contributed by atoms with Gasteiger partial charge in [0.15, 0.2) is 5.11 Å². The molecule has 0 fully saturated rings. The third kappa shape index (κ3) is 3.89. The number of hydrogen-bond acceptors (Lipinski definition) is 2. The van der Waals surface area contributed by atoms with Gasteiger partial charge in [0.05, 0.1) is 11.8 Å². The SMILES string of the molecule is Cc1cc(/C=N\NC(N)=S)c(C)n1-c1cccc(C(F)(F)F)c1. The molecule has 8 heteroatoms. The van der Waals surface area contributed by atoms with Gasteiger partial charge in [-0.05, 0) is 50.3 Å². The Hall–Kier alpha value is -2.35. The minimum absolute atomic E-state index is 0.0351. The molecular formula is C15H15F3N4S. The third-order valence-electron chi connectivity index (χ3n) is 3.28. The zero-order valence-corrected chi connectivity index (χ0v) is 13.3. The molecule has 0 atom stereocenters. The third-order valence-corrected chi connectivity index (χ3v) is 3.37. The summed E-state index contributed by atoms with van der Waals surface area (Å²) in [7, 11) is 0. The summed E-state index contributed by atoms with van der Waals surface area (Å²) in [5, 5.41) is 3.91. The van der Waals surface area contributed by atoms with Crippen LogP contribution in [0.5, 0.6) is 0 Å². The number of hydrogen-bond donors (Lipinski definition) is 2. The summed E-state index contributed by atoms with van der Waals surface area (Å²) in [5.41, 5.74) is 9.77. The zero-order chi connectivity index (χ0) is 17.2. The van der Waals surface area contributed by atoms with Crippen LogP contribution in [0.3, 0.4) is 0 Å². The number of nitrogens with one attached hydrogen (secondary N) is 1. The van der Waals surface area contributed by atoms with E-state index in [9.17, 15) is 13.2 Å². The van der Waals surface area contributed by atoms with Gasteiger partial charge in [-0.15, -0.1) is 0 Å². The number of nitrogens with zero attached hydrogens (tertiary/aromatic N) is 2. The molecule has 0 saturated carbocycles. The van der Waals surface area contributed by atoms with Crippen LogP contribution < -0.4 is 11.2 Å². The maximum atomic E-state index is 12.9. The van der Waals surface area contributed by atoms with Crippen LogP contribution in [0.1, 0.15) is 22.5 Å². The van der Waals surface area contributed by atoms with E-state index in [0.29, 0.717) is 5.69 Å². The van der Waals surface area contributed by atoms with Gasteiger partial charge in [-0.1, -0.05) is 6.07 Å². The lowest BCUT2D eigenvalue weighted by atomic mass is 10.2. The lowest BCUT2D eigenvalue weighted by molar-refractivity contribution is -0.137. The van der Waals surface area contributed by atoms with Crippen molar-refractivity contribution in [1.82, 2.24) is 9.99 Å². The van der Waals surface area contributed by atoms with Gasteiger partial charge in [0.1, 0.15) is 0 Å². The summed E-state index contributed by atoms with van der Waals surface area (Å²) in [4.78, 5) is 0. The van der Waals surface area contributed by atoms with Crippen LogP contribution in [0.2, 0.25) is 0 Å². The van der Waals surface area contributed by atoms with Crippen LogP contribution in [0, 0.1) is 13.8 Å². The quantitative estimate of drug-likeness (QED) is 0.512. The average molecular weight is 340 g/mol. The molecule has 1 heterocycles. The van der Waals surface area contributed by atoms with Crippen LogP contribution in [0.25, 0.3) is 5.69 Å². The van der Waals surface area contributed by atoms with Crippen molar-refractivity contribution in [1.29, 1.82) is 0 Å². The first-order chi connectivity index (χ1) is 10.7. The number of halogens is 3. The van der Waals surface area contributed by atoms with Crippen molar-refractivity contribution in [3.8, 4) is 5.69 Å². The molecule has 0 aliphatic carbocycles. The second-order valence-corrected chi connectivity index (χ2v) is 5.38. The van der Waals surface area contributed by atoms with Gasteiger partial charge in [-0.2, -0.15) is 18.3 Å². The number of aryl methyl sites for hydroxylation is 1. The molecule has 0 aliphatic heterocycles. The number of hydrazone groups is 1. The second-order valence-electron chi connectivity index (χ2n) is 4.94. The number of benzene rings is 1. The Morgan fingerprint density at radius 3 is 2.61 bits per heavy atom. The molecule has 23 heavy (non-hydrogen) atoms.